The van der Waals surface area contributed by atoms with Gasteiger partial charge in [-0.15, -0.1) is 0 Å². The van der Waals surface area contributed by atoms with Crippen molar-refractivity contribution >= 4 is 15.7 Å². The smallest absolute Gasteiger partial charge is 0.232 e. The third-order valence-electron chi connectivity index (χ3n) is 3.11. The molecule has 0 unspecified atom stereocenters. The van der Waals surface area contributed by atoms with Gasteiger partial charge < -0.3 is 10.1 Å². The monoisotopic (exact) mass is 314 g/mol. The Hall–Kier alpha value is -1.27. The van der Waals surface area contributed by atoms with Gasteiger partial charge in [0.15, 0.2) is 0 Å². The number of rotatable bonds is 10. The molecule has 0 atom stereocenters. The van der Waals surface area contributed by atoms with Crippen LogP contribution in [-0.2, 0) is 10.0 Å². The van der Waals surface area contributed by atoms with Crippen molar-refractivity contribution in [2.75, 3.05) is 30.7 Å². The van der Waals surface area contributed by atoms with E-state index < -0.39 is 10.0 Å². The quantitative estimate of drug-likeness (QED) is 0.651. The number of nitrogens with one attached hydrogen (secondary N) is 2. The molecule has 2 N–H and O–H groups in total. The van der Waals surface area contributed by atoms with Gasteiger partial charge in [0.25, 0.3) is 0 Å². The van der Waals surface area contributed by atoms with E-state index in [2.05, 4.69) is 17.0 Å². The fourth-order valence-electron chi connectivity index (χ4n) is 2.02. The van der Waals surface area contributed by atoms with Crippen molar-refractivity contribution in [2.24, 2.45) is 0 Å². The minimum absolute atomic E-state index is 0.145. The molecule has 0 saturated carbocycles. The highest BCUT2D eigenvalue weighted by Gasteiger charge is 2.10. The van der Waals surface area contributed by atoms with Gasteiger partial charge in [0.2, 0.25) is 10.0 Å². The number of sulfonamides is 1. The second-order valence-electron chi connectivity index (χ2n) is 5.06. The van der Waals surface area contributed by atoms with Crippen molar-refractivity contribution in [2.45, 2.75) is 33.1 Å². The predicted octanol–water partition coefficient (Wildman–Crippen LogP) is 2.53. The third-order valence-corrected chi connectivity index (χ3v) is 4.48. The number of ether oxygens (including phenoxy) is 1. The summed E-state index contributed by atoms with van der Waals surface area (Å²) in [7, 11) is -1.69. The minimum Gasteiger partial charge on any atom is -0.496 e. The zero-order valence-electron chi connectivity index (χ0n) is 13.1. The van der Waals surface area contributed by atoms with Crippen LogP contribution in [0.3, 0.4) is 0 Å². The zero-order chi connectivity index (χ0) is 15.7. The van der Waals surface area contributed by atoms with Gasteiger partial charge >= 0.3 is 0 Å². The van der Waals surface area contributed by atoms with Crippen molar-refractivity contribution in [3.8, 4) is 5.75 Å². The van der Waals surface area contributed by atoms with Crippen molar-refractivity contribution in [1.82, 2.24) is 5.32 Å². The molecule has 0 fully saturated rings. The van der Waals surface area contributed by atoms with Gasteiger partial charge in [-0.05, 0) is 63.0 Å². The van der Waals surface area contributed by atoms with Crippen molar-refractivity contribution in [1.29, 1.82) is 0 Å². The van der Waals surface area contributed by atoms with Crippen LogP contribution >= 0.6 is 0 Å². The van der Waals surface area contributed by atoms with Crippen LogP contribution in [0.15, 0.2) is 18.2 Å². The minimum atomic E-state index is -3.28. The first kappa shape index (κ1) is 17.8. The van der Waals surface area contributed by atoms with Crippen LogP contribution in [-0.4, -0.2) is 34.4 Å². The van der Waals surface area contributed by atoms with Crippen LogP contribution in [0, 0.1) is 6.92 Å². The summed E-state index contributed by atoms with van der Waals surface area (Å²) in [5.41, 5.74) is 1.49. The first-order valence-electron chi connectivity index (χ1n) is 7.34. The Morgan fingerprint density at radius 2 is 1.95 bits per heavy atom. The molecule has 0 aliphatic carbocycles. The highest BCUT2D eigenvalue weighted by atomic mass is 32.2. The Kier molecular flexibility index (Phi) is 7.53. The van der Waals surface area contributed by atoms with E-state index in [-0.39, 0.29) is 5.75 Å². The lowest BCUT2D eigenvalue weighted by Crippen LogP contribution is -2.19. The number of anilines is 1. The first-order valence-corrected chi connectivity index (χ1v) is 8.99. The fourth-order valence-corrected chi connectivity index (χ4v) is 3.19. The lowest BCUT2D eigenvalue weighted by atomic mass is 10.2. The van der Waals surface area contributed by atoms with E-state index in [4.69, 9.17) is 4.74 Å². The molecule has 0 radical (unpaired) electrons. The first-order chi connectivity index (χ1) is 9.98. The van der Waals surface area contributed by atoms with Gasteiger partial charge in [0.1, 0.15) is 5.75 Å². The Morgan fingerprint density at radius 1 is 1.19 bits per heavy atom. The summed E-state index contributed by atoms with van der Waals surface area (Å²) in [5.74, 6) is 0.895. The summed E-state index contributed by atoms with van der Waals surface area (Å²) >= 11 is 0. The molecule has 1 aromatic carbocycles. The van der Waals surface area contributed by atoms with Crippen molar-refractivity contribution in [3.63, 3.8) is 0 Å². The molecular formula is C15H26N2O3S. The number of benzene rings is 1. The lowest BCUT2D eigenvalue weighted by Gasteiger charge is -2.10. The number of hydrogen-bond donors (Lipinski definition) is 2. The molecule has 0 aliphatic heterocycles. The number of aryl methyl sites for hydroxylation is 1. The molecule has 0 spiro atoms. The molecule has 0 aromatic heterocycles. The van der Waals surface area contributed by atoms with Crippen LogP contribution < -0.4 is 14.8 Å². The zero-order valence-corrected chi connectivity index (χ0v) is 13.9. The van der Waals surface area contributed by atoms with E-state index in [1.165, 1.54) is 0 Å². The van der Waals surface area contributed by atoms with Gasteiger partial charge in [0.05, 0.1) is 12.9 Å². The van der Waals surface area contributed by atoms with Crippen LogP contribution in [0.2, 0.25) is 0 Å². The fraction of sp³-hybridized carbons (Fsp3) is 0.600. The van der Waals surface area contributed by atoms with E-state index in [0.29, 0.717) is 12.1 Å². The summed E-state index contributed by atoms with van der Waals surface area (Å²) in [6.07, 6.45) is 2.61. The molecular weight excluding hydrogens is 288 g/mol. The maximum atomic E-state index is 12.0. The maximum absolute atomic E-state index is 12.0. The molecule has 0 heterocycles. The standard InChI is InChI=1S/C15H26N2O3S/c1-4-9-16-10-5-6-11-21(18,19)17-14-7-8-15(20-3)13(2)12-14/h7-8,12,16-17H,4-6,9-11H2,1-3H3. The van der Waals surface area contributed by atoms with Gasteiger partial charge in [0, 0.05) is 5.69 Å². The largest absolute Gasteiger partial charge is 0.496 e. The second-order valence-corrected chi connectivity index (χ2v) is 6.90. The molecule has 6 heteroatoms. The van der Waals surface area contributed by atoms with E-state index in [0.717, 1.165) is 37.2 Å². The Balaban J connectivity index is 2.43. The molecule has 0 saturated heterocycles. The van der Waals surface area contributed by atoms with Gasteiger partial charge in [-0.3, -0.25) is 4.72 Å². The maximum Gasteiger partial charge on any atom is 0.232 e. The predicted molar refractivity (Wildman–Crippen MR) is 87.5 cm³/mol. The summed E-state index contributed by atoms with van der Waals surface area (Å²) in [6.45, 7) is 5.84. The van der Waals surface area contributed by atoms with E-state index in [9.17, 15) is 8.42 Å². The highest BCUT2D eigenvalue weighted by molar-refractivity contribution is 7.92. The highest BCUT2D eigenvalue weighted by Crippen LogP contribution is 2.22. The average molecular weight is 314 g/mol. The van der Waals surface area contributed by atoms with E-state index in [1.54, 1.807) is 25.3 Å². The summed E-state index contributed by atoms with van der Waals surface area (Å²) in [6, 6.07) is 5.26. The lowest BCUT2D eigenvalue weighted by molar-refractivity contribution is 0.412. The van der Waals surface area contributed by atoms with Crippen LogP contribution in [0.4, 0.5) is 5.69 Å². The number of methoxy groups -OCH3 is 1. The van der Waals surface area contributed by atoms with E-state index in [1.807, 2.05) is 6.92 Å². The molecule has 21 heavy (non-hydrogen) atoms. The molecule has 0 bridgehead atoms. The number of unbranched alkanes of at least 4 members (excludes halogenated alkanes) is 1. The average Bonchev–Trinajstić information content (AvgIpc) is 2.42. The molecule has 5 nitrogen and oxygen atoms in total. The van der Waals surface area contributed by atoms with Crippen molar-refractivity contribution in [3.05, 3.63) is 23.8 Å². The van der Waals surface area contributed by atoms with E-state index >= 15 is 0 Å². The molecule has 1 rings (SSSR count). The SMILES string of the molecule is CCCNCCCCS(=O)(=O)Nc1ccc(OC)c(C)c1. The van der Waals surface area contributed by atoms with Gasteiger partial charge in [-0.25, -0.2) is 8.42 Å². The number of hydrogen-bond acceptors (Lipinski definition) is 4. The Labute approximate surface area is 128 Å². The molecule has 0 aliphatic rings. The van der Waals surface area contributed by atoms with Gasteiger partial charge in [-0.1, -0.05) is 6.92 Å². The third kappa shape index (κ3) is 6.82. The Bertz CT molecular complexity index is 530. The summed E-state index contributed by atoms with van der Waals surface area (Å²) in [5, 5.41) is 3.26. The molecule has 0 amide bonds. The van der Waals surface area contributed by atoms with Crippen LogP contribution in [0.5, 0.6) is 5.75 Å². The summed E-state index contributed by atoms with van der Waals surface area (Å²) < 4.78 is 31.7. The van der Waals surface area contributed by atoms with Crippen LogP contribution in [0.1, 0.15) is 31.7 Å². The second kappa shape index (κ2) is 8.89. The topological polar surface area (TPSA) is 67.4 Å². The van der Waals surface area contributed by atoms with Gasteiger partial charge in [-0.2, -0.15) is 0 Å². The molecule has 120 valence electrons. The summed E-state index contributed by atoms with van der Waals surface area (Å²) in [4.78, 5) is 0. The molecule has 1 aromatic rings. The van der Waals surface area contributed by atoms with Crippen LogP contribution in [0.25, 0.3) is 0 Å². The van der Waals surface area contributed by atoms with Crippen molar-refractivity contribution < 1.29 is 13.2 Å². The Morgan fingerprint density at radius 3 is 2.57 bits per heavy atom. The normalized spacial score (nSPS) is 11.4.